The molecule has 3 rings (SSSR count). The molecule has 2 heterocycles. The zero-order valence-electron chi connectivity index (χ0n) is 16.7. The first-order chi connectivity index (χ1) is 13.9. The van der Waals surface area contributed by atoms with Gasteiger partial charge in [-0.25, -0.2) is 8.42 Å². The van der Waals surface area contributed by atoms with Gasteiger partial charge in [-0.3, -0.25) is 9.59 Å². The zero-order chi connectivity index (χ0) is 20.9. The van der Waals surface area contributed by atoms with Gasteiger partial charge < -0.3 is 14.4 Å². The molecule has 0 N–H and O–H groups in total. The Hall–Kier alpha value is -1.97. The molecule has 160 valence electrons. The molecule has 1 amide bonds. The van der Waals surface area contributed by atoms with Gasteiger partial charge in [-0.15, -0.1) is 0 Å². The fourth-order valence-electron chi connectivity index (χ4n) is 3.51. The van der Waals surface area contributed by atoms with Crippen LogP contribution >= 0.6 is 0 Å². The van der Waals surface area contributed by atoms with E-state index in [4.69, 9.17) is 9.47 Å². The molecule has 8 nitrogen and oxygen atoms in total. The van der Waals surface area contributed by atoms with Gasteiger partial charge in [0.25, 0.3) is 5.91 Å². The third kappa shape index (κ3) is 5.55. The monoisotopic (exact) mass is 424 g/mol. The van der Waals surface area contributed by atoms with Crippen molar-refractivity contribution >= 4 is 21.9 Å². The number of esters is 1. The Morgan fingerprint density at radius 3 is 2.31 bits per heavy atom. The summed E-state index contributed by atoms with van der Waals surface area (Å²) in [6, 6.07) is 6.54. The number of carbonyl (C=O) groups excluding carboxylic acids is 2. The molecule has 0 aliphatic carbocycles. The lowest BCUT2D eigenvalue weighted by atomic mass is 10.1. The maximum Gasteiger partial charge on any atom is 0.306 e. The molecule has 1 aromatic rings. The van der Waals surface area contributed by atoms with Gasteiger partial charge in [0.1, 0.15) is 0 Å². The van der Waals surface area contributed by atoms with Crippen LogP contribution in [0.15, 0.2) is 29.2 Å². The summed E-state index contributed by atoms with van der Waals surface area (Å²) in [5.41, 5.74) is 0.835. The van der Waals surface area contributed by atoms with Gasteiger partial charge in [0.05, 0.1) is 18.1 Å². The molecule has 0 spiro atoms. The number of hydrogen-bond donors (Lipinski definition) is 0. The van der Waals surface area contributed by atoms with Crippen LogP contribution in [-0.2, 0) is 35.5 Å². The number of benzene rings is 1. The second-order valence-corrected chi connectivity index (χ2v) is 9.26. The topological polar surface area (TPSA) is 93.2 Å². The van der Waals surface area contributed by atoms with Crippen molar-refractivity contribution in [2.24, 2.45) is 0 Å². The molecule has 0 radical (unpaired) electrons. The maximum atomic E-state index is 12.6. The van der Waals surface area contributed by atoms with Crippen molar-refractivity contribution in [3.8, 4) is 0 Å². The molecule has 0 saturated carbocycles. The van der Waals surface area contributed by atoms with Gasteiger partial charge >= 0.3 is 5.97 Å². The average Bonchev–Trinajstić information content (AvgIpc) is 3.27. The summed E-state index contributed by atoms with van der Waals surface area (Å²) in [6.45, 7) is 4.55. The van der Waals surface area contributed by atoms with Crippen LogP contribution in [0.5, 0.6) is 0 Å². The predicted octanol–water partition coefficient (Wildman–Crippen LogP) is 1.19. The van der Waals surface area contributed by atoms with Gasteiger partial charge in [0.2, 0.25) is 10.0 Å². The van der Waals surface area contributed by atoms with E-state index in [-0.39, 0.29) is 17.2 Å². The molecule has 2 aliphatic rings. The molecule has 0 bridgehead atoms. The lowest BCUT2D eigenvalue weighted by Crippen LogP contribution is -2.40. The van der Waals surface area contributed by atoms with Crippen LogP contribution in [0.1, 0.15) is 31.7 Å². The summed E-state index contributed by atoms with van der Waals surface area (Å²) in [7, 11) is -3.52. The largest absolute Gasteiger partial charge is 0.453 e. The van der Waals surface area contributed by atoms with E-state index in [0.717, 1.165) is 31.5 Å². The van der Waals surface area contributed by atoms with E-state index in [1.54, 1.807) is 36.1 Å². The van der Waals surface area contributed by atoms with E-state index >= 15 is 0 Å². The molecule has 2 saturated heterocycles. The summed E-state index contributed by atoms with van der Waals surface area (Å²) in [5, 5.41) is 0. The Labute approximate surface area is 171 Å². The molecular weight excluding hydrogens is 396 g/mol. The predicted molar refractivity (Wildman–Crippen MR) is 106 cm³/mol. The Morgan fingerprint density at radius 1 is 1.07 bits per heavy atom. The average molecular weight is 425 g/mol. The lowest BCUT2D eigenvalue weighted by Gasteiger charge is -2.26. The fourth-order valence-corrected chi connectivity index (χ4v) is 4.92. The Kier molecular flexibility index (Phi) is 7.26. The maximum absolute atomic E-state index is 12.6. The normalized spacial score (nSPS) is 19.1. The Balaban J connectivity index is 1.49. The van der Waals surface area contributed by atoms with Gasteiger partial charge in [0.15, 0.2) is 6.10 Å². The van der Waals surface area contributed by atoms with Crippen LogP contribution in [0, 0.1) is 0 Å². The molecule has 2 aliphatic heterocycles. The summed E-state index contributed by atoms with van der Waals surface area (Å²) in [5.74, 6) is -0.580. The van der Waals surface area contributed by atoms with Crippen molar-refractivity contribution in [3.63, 3.8) is 0 Å². The minimum absolute atomic E-state index is 0.132. The highest BCUT2D eigenvalue weighted by molar-refractivity contribution is 7.89. The summed E-state index contributed by atoms with van der Waals surface area (Å²) in [6.07, 6.45) is 1.75. The summed E-state index contributed by atoms with van der Waals surface area (Å²) in [4.78, 5) is 26.2. The second kappa shape index (κ2) is 9.69. The number of morpholine rings is 1. The van der Waals surface area contributed by atoms with Gasteiger partial charge in [-0.1, -0.05) is 12.1 Å². The third-order valence-electron chi connectivity index (χ3n) is 5.22. The van der Waals surface area contributed by atoms with E-state index in [1.807, 2.05) is 0 Å². The van der Waals surface area contributed by atoms with Gasteiger partial charge in [-0.05, 0) is 43.9 Å². The second-order valence-electron chi connectivity index (χ2n) is 7.32. The molecule has 2 fully saturated rings. The van der Waals surface area contributed by atoms with Crippen LogP contribution in [0.3, 0.4) is 0 Å². The lowest BCUT2D eigenvalue weighted by molar-refractivity contribution is -0.158. The molecule has 0 aromatic heterocycles. The van der Waals surface area contributed by atoms with E-state index in [2.05, 4.69) is 0 Å². The van der Waals surface area contributed by atoms with Crippen LogP contribution < -0.4 is 0 Å². The molecule has 9 heteroatoms. The van der Waals surface area contributed by atoms with Crippen molar-refractivity contribution in [2.75, 3.05) is 39.4 Å². The number of ether oxygens (including phenoxy) is 2. The van der Waals surface area contributed by atoms with E-state index in [0.29, 0.717) is 32.7 Å². The highest BCUT2D eigenvalue weighted by Gasteiger charge is 2.27. The first-order valence-electron chi connectivity index (χ1n) is 10.0. The third-order valence-corrected chi connectivity index (χ3v) is 7.14. The smallest absolute Gasteiger partial charge is 0.306 e. The first kappa shape index (κ1) is 21.7. The van der Waals surface area contributed by atoms with Crippen molar-refractivity contribution in [1.29, 1.82) is 0 Å². The number of amides is 1. The molecule has 1 atom stereocenters. The molecular formula is C20H28N2O6S. The summed E-state index contributed by atoms with van der Waals surface area (Å²) < 4.78 is 37.1. The SMILES string of the molecule is C[C@@H](OC(=O)CCc1ccc(S(=O)(=O)N2CCOCC2)cc1)C(=O)N1CCCC1. The number of aryl methyl sites for hydroxylation is 1. The van der Waals surface area contributed by atoms with Crippen LogP contribution in [0.2, 0.25) is 0 Å². The fraction of sp³-hybridized carbons (Fsp3) is 0.600. The quantitative estimate of drug-likeness (QED) is 0.611. The first-order valence-corrected chi connectivity index (χ1v) is 11.5. The minimum Gasteiger partial charge on any atom is -0.453 e. The number of likely N-dealkylation sites (tertiary alicyclic amines) is 1. The molecule has 0 unspecified atom stereocenters. The number of nitrogens with zero attached hydrogens (tertiary/aromatic N) is 2. The van der Waals surface area contributed by atoms with E-state index < -0.39 is 22.1 Å². The van der Waals surface area contributed by atoms with Gasteiger partial charge in [0, 0.05) is 32.6 Å². The van der Waals surface area contributed by atoms with Crippen molar-refractivity contribution < 1.29 is 27.5 Å². The number of hydrogen-bond acceptors (Lipinski definition) is 6. The minimum atomic E-state index is -3.52. The van der Waals surface area contributed by atoms with Crippen molar-refractivity contribution in [3.05, 3.63) is 29.8 Å². The number of sulfonamides is 1. The molecule has 1 aromatic carbocycles. The number of carbonyl (C=O) groups is 2. The van der Waals surface area contributed by atoms with E-state index in [1.165, 1.54) is 4.31 Å². The van der Waals surface area contributed by atoms with Crippen LogP contribution in [0.25, 0.3) is 0 Å². The van der Waals surface area contributed by atoms with E-state index in [9.17, 15) is 18.0 Å². The highest BCUT2D eigenvalue weighted by atomic mass is 32.2. The standard InChI is InChI=1S/C20H28N2O6S/c1-16(20(24)21-10-2-3-11-21)28-19(23)9-6-17-4-7-18(8-5-17)29(25,26)22-12-14-27-15-13-22/h4-5,7-8,16H,2-3,6,9-15H2,1H3/t16-/m1/s1. The van der Waals surface area contributed by atoms with Gasteiger partial charge in [-0.2, -0.15) is 4.31 Å². The van der Waals surface area contributed by atoms with Crippen molar-refractivity contribution in [1.82, 2.24) is 9.21 Å². The zero-order valence-corrected chi connectivity index (χ0v) is 17.5. The number of rotatable bonds is 7. The van der Waals surface area contributed by atoms with Crippen LogP contribution in [0.4, 0.5) is 0 Å². The highest BCUT2D eigenvalue weighted by Crippen LogP contribution is 2.18. The summed E-state index contributed by atoms with van der Waals surface area (Å²) >= 11 is 0. The van der Waals surface area contributed by atoms with Crippen molar-refractivity contribution in [2.45, 2.75) is 43.6 Å². The Bertz CT molecular complexity index is 812. The molecule has 29 heavy (non-hydrogen) atoms. The Morgan fingerprint density at radius 2 is 1.69 bits per heavy atom. The van der Waals surface area contributed by atoms with Crippen LogP contribution in [-0.4, -0.2) is 75.0 Å².